The third-order valence-electron chi connectivity index (χ3n) is 3.35. The Morgan fingerprint density at radius 3 is 2.94 bits per heavy atom. The minimum Gasteiger partial charge on any atom is -0.317 e. The molecule has 0 atom stereocenters. The van der Waals surface area contributed by atoms with E-state index in [2.05, 4.69) is 27.8 Å². The van der Waals surface area contributed by atoms with Gasteiger partial charge in [-0.15, -0.1) is 10.2 Å². The Morgan fingerprint density at radius 1 is 1.59 bits per heavy atom. The average molecular weight is 254 g/mol. The van der Waals surface area contributed by atoms with Crippen LogP contribution in [0.25, 0.3) is 0 Å². The van der Waals surface area contributed by atoms with Crippen molar-refractivity contribution in [1.29, 1.82) is 0 Å². The summed E-state index contributed by atoms with van der Waals surface area (Å²) in [6, 6.07) is 0. The molecule has 5 nitrogen and oxygen atoms in total. The fraction of sp³-hybridized carbons (Fsp3) is 0.727. The highest BCUT2D eigenvalue weighted by Gasteiger charge is 2.38. The smallest absolute Gasteiger partial charge is 0.232 e. The van der Waals surface area contributed by atoms with E-state index in [1.54, 1.807) is 5.51 Å². The third kappa shape index (κ3) is 2.81. The zero-order valence-electron chi connectivity index (χ0n) is 10.0. The number of piperidine rings is 1. The number of rotatable bonds is 4. The normalized spacial score (nSPS) is 18.9. The van der Waals surface area contributed by atoms with Crippen LogP contribution in [-0.4, -0.2) is 29.2 Å². The van der Waals surface area contributed by atoms with Gasteiger partial charge < -0.3 is 10.6 Å². The molecule has 6 heteroatoms. The van der Waals surface area contributed by atoms with E-state index in [-0.39, 0.29) is 11.3 Å². The highest BCUT2D eigenvalue weighted by atomic mass is 32.1. The van der Waals surface area contributed by atoms with Gasteiger partial charge in [-0.25, -0.2) is 0 Å². The molecule has 94 valence electrons. The minimum atomic E-state index is -0.217. The summed E-state index contributed by atoms with van der Waals surface area (Å²) in [5.41, 5.74) is 1.41. The number of hydrogen-bond donors (Lipinski definition) is 2. The average Bonchev–Trinajstić information content (AvgIpc) is 2.83. The highest BCUT2D eigenvalue weighted by Crippen LogP contribution is 2.35. The SMILES string of the molecule is CCCC1(C(=O)Nc2nncs2)CCNCC1. The van der Waals surface area contributed by atoms with Crippen LogP contribution in [0, 0.1) is 5.41 Å². The largest absolute Gasteiger partial charge is 0.317 e. The van der Waals surface area contributed by atoms with Gasteiger partial charge in [0.1, 0.15) is 5.51 Å². The number of nitrogens with one attached hydrogen (secondary N) is 2. The molecule has 1 aliphatic heterocycles. The van der Waals surface area contributed by atoms with Crippen molar-refractivity contribution in [3.05, 3.63) is 5.51 Å². The summed E-state index contributed by atoms with van der Waals surface area (Å²) in [7, 11) is 0. The van der Waals surface area contributed by atoms with Gasteiger partial charge in [0.2, 0.25) is 11.0 Å². The molecule has 1 aliphatic rings. The van der Waals surface area contributed by atoms with E-state index in [9.17, 15) is 4.79 Å². The second kappa shape index (κ2) is 5.55. The molecular formula is C11H18N4OS. The third-order valence-corrected chi connectivity index (χ3v) is 3.96. The fourth-order valence-corrected chi connectivity index (χ4v) is 2.87. The summed E-state index contributed by atoms with van der Waals surface area (Å²) in [4.78, 5) is 12.4. The minimum absolute atomic E-state index is 0.109. The second-order valence-electron chi connectivity index (χ2n) is 4.48. The number of anilines is 1. The molecule has 0 aliphatic carbocycles. The molecule has 0 saturated carbocycles. The lowest BCUT2D eigenvalue weighted by atomic mass is 9.74. The van der Waals surface area contributed by atoms with E-state index in [0.29, 0.717) is 5.13 Å². The van der Waals surface area contributed by atoms with Gasteiger partial charge in [-0.1, -0.05) is 24.7 Å². The van der Waals surface area contributed by atoms with Crippen molar-refractivity contribution in [3.8, 4) is 0 Å². The summed E-state index contributed by atoms with van der Waals surface area (Å²) in [5.74, 6) is 0.109. The van der Waals surface area contributed by atoms with Crippen molar-refractivity contribution >= 4 is 22.4 Å². The van der Waals surface area contributed by atoms with Gasteiger partial charge in [-0.05, 0) is 32.4 Å². The molecular weight excluding hydrogens is 236 g/mol. The maximum absolute atomic E-state index is 12.4. The van der Waals surface area contributed by atoms with Crippen molar-refractivity contribution in [2.45, 2.75) is 32.6 Å². The first kappa shape index (κ1) is 12.4. The molecule has 1 aromatic rings. The summed E-state index contributed by atoms with van der Waals surface area (Å²) in [5, 5.41) is 14.4. The van der Waals surface area contributed by atoms with Crippen molar-refractivity contribution in [3.63, 3.8) is 0 Å². The number of carbonyl (C=O) groups excluding carboxylic acids is 1. The van der Waals surface area contributed by atoms with Crippen LogP contribution in [0.5, 0.6) is 0 Å². The first-order valence-electron chi connectivity index (χ1n) is 6.05. The molecule has 0 bridgehead atoms. The highest BCUT2D eigenvalue weighted by molar-refractivity contribution is 7.13. The van der Waals surface area contributed by atoms with Gasteiger partial charge in [-0.3, -0.25) is 4.79 Å². The first-order chi connectivity index (χ1) is 8.27. The molecule has 0 radical (unpaired) electrons. The number of hydrogen-bond acceptors (Lipinski definition) is 5. The van der Waals surface area contributed by atoms with Gasteiger partial charge in [0, 0.05) is 0 Å². The number of aromatic nitrogens is 2. The Hall–Kier alpha value is -1.01. The number of carbonyl (C=O) groups is 1. The van der Waals surface area contributed by atoms with Crippen molar-refractivity contribution in [1.82, 2.24) is 15.5 Å². The van der Waals surface area contributed by atoms with E-state index in [4.69, 9.17) is 0 Å². The maximum atomic E-state index is 12.4. The Labute approximate surface area is 105 Å². The number of nitrogens with zero attached hydrogens (tertiary/aromatic N) is 2. The van der Waals surface area contributed by atoms with Crippen LogP contribution in [0.2, 0.25) is 0 Å². The monoisotopic (exact) mass is 254 g/mol. The Morgan fingerprint density at radius 2 is 2.35 bits per heavy atom. The van der Waals surface area contributed by atoms with Crippen LogP contribution >= 0.6 is 11.3 Å². The predicted molar refractivity (Wildman–Crippen MR) is 68.0 cm³/mol. The van der Waals surface area contributed by atoms with Crippen molar-refractivity contribution in [2.24, 2.45) is 5.41 Å². The van der Waals surface area contributed by atoms with Crippen LogP contribution in [0.3, 0.4) is 0 Å². The van der Waals surface area contributed by atoms with Crippen LogP contribution in [-0.2, 0) is 4.79 Å². The van der Waals surface area contributed by atoms with Crippen LogP contribution < -0.4 is 10.6 Å². The molecule has 2 rings (SSSR count). The van der Waals surface area contributed by atoms with Gasteiger partial charge in [0.15, 0.2) is 0 Å². The summed E-state index contributed by atoms with van der Waals surface area (Å²) in [6.45, 7) is 3.97. The fourth-order valence-electron chi connectivity index (χ4n) is 2.43. The molecule has 1 saturated heterocycles. The maximum Gasteiger partial charge on any atom is 0.232 e. The van der Waals surface area contributed by atoms with Gasteiger partial charge >= 0.3 is 0 Å². The Balaban J connectivity index is 2.06. The van der Waals surface area contributed by atoms with Gasteiger partial charge in [-0.2, -0.15) is 0 Å². The Kier molecular flexibility index (Phi) is 4.06. The van der Waals surface area contributed by atoms with Crippen LogP contribution in [0.15, 0.2) is 5.51 Å². The topological polar surface area (TPSA) is 66.9 Å². The van der Waals surface area contributed by atoms with E-state index in [1.807, 2.05) is 0 Å². The molecule has 0 spiro atoms. The molecule has 0 unspecified atom stereocenters. The summed E-state index contributed by atoms with van der Waals surface area (Å²) >= 11 is 1.36. The Bertz CT molecular complexity index is 354. The van der Waals surface area contributed by atoms with Crippen LogP contribution in [0.4, 0.5) is 5.13 Å². The standard InChI is InChI=1S/C11H18N4OS/c1-2-3-11(4-6-12-7-5-11)9(16)14-10-15-13-8-17-10/h8,12H,2-7H2,1H3,(H,14,15,16). The molecule has 0 aromatic carbocycles. The van der Waals surface area contributed by atoms with Gasteiger partial charge in [0.25, 0.3) is 0 Å². The molecule has 17 heavy (non-hydrogen) atoms. The zero-order chi connectivity index (χ0) is 12.1. The number of amides is 1. The van der Waals surface area contributed by atoms with Crippen molar-refractivity contribution < 1.29 is 4.79 Å². The lowest BCUT2D eigenvalue weighted by Crippen LogP contribution is -2.44. The second-order valence-corrected chi connectivity index (χ2v) is 5.31. The van der Waals surface area contributed by atoms with E-state index < -0.39 is 0 Å². The quantitative estimate of drug-likeness (QED) is 0.857. The molecule has 1 fully saturated rings. The zero-order valence-corrected chi connectivity index (χ0v) is 10.8. The first-order valence-corrected chi connectivity index (χ1v) is 6.93. The molecule has 1 aromatic heterocycles. The van der Waals surface area contributed by atoms with E-state index in [1.165, 1.54) is 11.3 Å². The van der Waals surface area contributed by atoms with E-state index >= 15 is 0 Å². The molecule has 1 amide bonds. The lowest BCUT2D eigenvalue weighted by molar-refractivity contribution is -0.127. The summed E-state index contributed by atoms with van der Waals surface area (Å²) in [6.07, 6.45) is 3.79. The molecule has 2 heterocycles. The predicted octanol–water partition coefficient (Wildman–Crippen LogP) is 1.65. The lowest BCUT2D eigenvalue weighted by Gasteiger charge is -2.35. The van der Waals surface area contributed by atoms with E-state index in [0.717, 1.165) is 38.8 Å². The molecule has 2 N–H and O–H groups in total. The van der Waals surface area contributed by atoms with Crippen molar-refractivity contribution in [2.75, 3.05) is 18.4 Å². The van der Waals surface area contributed by atoms with Gasteiger partial charge in [0.05, 0.1) is 5.41 Å². The summed E-state index contributed by atoms with van der Waals surface area (Å²) < 4.78 is 0. The van der Waals surface area contributed by atoms with Crippen LogP contribution in [0.1, 0.15) is 32.6 Å².